The molecular formula is C25H33N5O3. The van der Waals surface area contributed by atoms with Gasteiger partial charge in [-0.1, -0.05) is 19.1 Å². The normalized spacial score (nSPS) is 18.3. The molecular weight excluding hydrogens is 418 g/mol. The van der Waals surface area contributed by atoms with Gasteiger partial charge in [0.2, 0.25) is 0 Å². The largest absolute Gasteiger partial charge is 0.371 e. The fourth-order valence-electron chi connectivity index (χ4n) is 4.55. The molecule has 8 heteroatoms. The first-order valence-electron chi connectivity index (χ1n) is 11.7. The molecule has 0 aromatic heterocycles. The molecule has 0 aliphatic carbocycles. The summed E-state index contributed by atoms with van der Waals surface area (Å²) in [4.78, 5) is 31.1. The molecule has 0 atom stereocenters. The van der Waals surface area contributed by atoms with E-state index in [-0.39, 0.29) is 11.6 Å². The molecule has 4 rings (SSSR count). The van der Waals surface area contributed by atoms with Crippen LogP contribution in [0, 0.1) is 16.0 Å². The molecule has 0 saturated carbocycles. The molecule has 8 nitrogen and oxygen atoms in total. The van der Waals surface area contributed by atoms with E-state index in [2.05, 4.69) is 40.1 Å². The van der Waals surface area contributed by atoms with Gasteiger partial charge in [0.1, 0.15) is 0 Å². The first-order valence-corrected chi connectivity index (χ1v) is 11.7. The number of rotatable bonds is 6. The van der Waals surface area contributed by atoms with Crippen molar-refractivity contribution in [2.75, 3.05) is 56.5 Å². The van der Waals surface area contributed by atoms with E-state index in [1.165, 1.54) is 12.1 Å². The molecule has 33 heavy (non-hydrogen) atoms. The third-order valence-corrected chi connectivity index (χ3v) is 6.75. The first kappa shape index (κ1) is 23.2. The number of carbonyl (C=O) groups is 1. The highest BCUT2D eigenvalue weighted by atomic mass is 16.6. The molecule has 0 unspecified atom stereocenters. The number of non-ortho nitro benzene ring substituents is 1. The molecule has 0 radical (unpaired) electrons. The first-order chi connectivity index (χ1) is 15.9. The van der Waals surface area contributed by atoms with Crippen molar-refractivity contribution < 1.29 is 9.72 Å². The number of nitro benzene ring substituents is 1. The Bertz CT molecular complexity index is 995. The van der Waals surface area contributed by atoms with Crippen molar-refractivity contribution in [3.05, 3.63) is 63.7 Å². The molecule has 1 N–H and O–H groups in total. The molecule has 2 fully saturated rings. The van der Waals surface area contributed by atoms with Crippen LogP contribution < -0.4 is 10.2 Å². The van der Waals surface area contributed by atoms with Crippen LogP contribution in [0.2, 0.25) is 0 Å². The van der Waals surface area contributed by atoms with E-state index in [0.29, 0.717) is 17.2 Å². The average molecular weight is 452 g/mol. The Balaban J connectivity index is 1.51. The second-order valence-electron chi connectivity index (χ2n) is 9.36. The minimum Gasteiger partial charge on any atom is -0.371 e. The van der Waals surface area contributed by atoms with E-state index >= 15 is 0 Å². The van der Waals surface area contributed by atoms with E-state index in [0.717, 1.165) is 69.9 Å². The number of nitrogens with one attached hydrogen (secondary N) is 1. The summed E-state index contributed by atoms with van der Waals surface area (Å²) in [6.07, 6.45) is 2.10. The van der Waals surface area contributed by atoms with Crippen LogP contribution in [0.1, 0.15) is 35.7 Å². The number of piperazine rings is 1. The maximum absolute atomic E-state index is 13.3. The maximum atomic E-state index is 13.3. The summed E-state index contributed by atoms with van der Waals surface area (Å²) in [6, 6.07) is 12.5. The van der Waals surface area contributed by atoms with E-state index in [1.807, 2.05) is 18.2 Å². The quantitative estimate of drug-likeness (QED) is 0.531. The number of nitrogens with zero attached hydrogens (tertiary/aromatic N) is 4. The van der Waals surface area contributed by atoms with E-state index < -0.39 is 4.92 Å². The molecule has 2 aliphatic rings. The van der Waals surface area contributed by atoms with E-state index in [4.69, 9.17) is 0 Å². The van der Waals surface area contributed by atoms with Gasteiger partial charge in [-0.3, -0.25) is 19.8 Å². The Morgan fingerprint density at radius 2 is 1.79 bits per heavy atom. The van der Waals surface area contributed by atoms with Crippen LogP contribution in [-0.4, -0.2) is 66.9 Å². The zero-order valence-corrected chi connectivity index (χ0v) is 19.5. The summed E-state index contributed by atoms with van der Waals surface area (Å²) < 4.78 is 0. The van der Waals surface area contributed by atoms with Gasteiger partial charge >= 0.3 is 0 Å². The zero-order valence-electron chi connectivity index (χ0n) is 19.5. The van der Waals surface area contributed by atoms with Gasteiger partial charge in [0.25, 0.3) is 11.6 Å². The van der Waals surface area contributed by atoms with Crippen molar-refractivity contribution in [1.82, 2.24) is 9.80 Å². The lowest BCUT2D eigenvalue weighted by atomic mass is 9.97. The lowest BCUT2D eigenvalue weighted by Gasteiger charge is -2.33. The predicted octanol–water partition coefficient (Wildman–Crippen LogP) is 3.83. The highest BCUT2D eigenvalue weighted by Gasteiger charge is 2.24. The third-order valence-electron chi connectivity index (χ3n) is 6.75. The summed E-state index contributed by atoms with van der Waals surface area (Å²) in [5.74, 6) is 0.337. The van der Waals surface area contributed by atoms with E-state index in [9.17, 15) is 14.9 Å². The van der Waals surface area contributed by atoms with Gasteiger partial charge in [-0.05, 0) is 49.6 Å². The molecule has 1 amide bonds. The Kier molecular flexibility index (Phi) is 7.25. The molecule has 2 aliphatic heterocycles. The van der Waals surface area contributed by atoms with Crippen LogP contribution >= 0.6 is 0 Å². The van der Waals surface area contributed by atoms with Crippen molar-refractivity contribution in [2.45, 2.75) is 26.3 Å². The van der Waals surface area contributed by atoms with Crippen LogP contribution in [0.5, 0.6) is 0 Å². The van der Waals surface area contributed by atoms with Gasteiger partial charge in [-0.15, -0.1) is 0 Å². The topological polar surface area (TPSA) is 82.0 Å². The lowest BCUT2D eigenvalue weighted by molar-refractivity contribution is -0.384. The number of hydrogen-bond acceptors (Lipinski definition) is 6. The second kappa shape index (κ2) is 10.3. The van der Waals surface area contributed by atoms with Crippen LogP contribution in [0.4, 0.5) is 17.1 Å². The summed E-state index contributed by atoms with van der Waals surface area (Å²) >= 11 is 0. The highest BCUT2D eigenvalue weighted by Crippen LogP contribution is 2.30. The van der Waals surface area contributed by atoms with Crippen LogP contribution in [0.25, 0.3) is 0 Å². The smallest absolute Gasteiger partial charge is 0.270 e. The van der Waals surface area contributed by atoms with Gasteiger partial charge in [0.15, 0.2) is 0 Å². The number of benzene rings is 2. The highest BCUT2D eigenvalue weighted by molar-refractivity contribution is 6.08. The fraction of sp³-hybridized carbons (Fsp3) is 0.480. The zero-order chi connectivity index (χ0) is 23.4. The molecule has 176 valence electrons. The molecule has 0 bridgehead atoms. The van der Waals surface area contributed by atoms with Crippen molar-refractivity contribution in [3.8, 4) is 0 Å². The predicted molar refractivity (Wildman–Crippen MR) is 131 cm³/mol. The summed E-state index contributed by atoms with van der Waals surface area (Å²) in [7, 11) is 2.14. The standard InChI is InChI=1S/C25H33N5O3/c1-19-8-10-29(11-9-19)24-7-6-22(30(32)33)17-23(24)25(31)26-21-5-3-4-20(16-21)18-28-14-12-27(2)13-15-28/h3-7,16-17,19H,8-15,18H2,1-2H3,(H,26,31). The van der Waals surface area contributed by atoms with Crippen LogP contribution in [-0.2, 0) is 6.54 Å². The monoisotopic (exact) mass is 451 g/mol. The van der Waals surface area contributed by atoms with E-state index in [1.54, 1.807) is 6.07 Å². The number of hydrogen-bond donors (Lipinski definition) is 1. The van der Waals surface area contributed by atoms with Crippen LogP contribution in [0.3, 0.4) is 0 Å². The number of nitro groups is 1. The third kappa shape index (κ3) is 5.89. The molecule has 0 spiro atoms. The Morgan fingerprint density at radius 3 is 2.48 bits per heavy atom. The molecule has 2 aromatic rings. The van der Waals surface area contributed by atoms with Crippen molar-refractivity contribution >= 4 is 23.0 Å². The number of amides is 1. The van der Waals surface area contributed by atoms with Gasteiger partial charge in [0.05, 0.1) is 16.2 Å². The minimum absolute atomic E-state index is 0.0712. The SMILES string of the molecule is CC1CCN(c2ccc([N+](=O)[O-])cc2C(=O)Nc2cccc(CN3CCN(C)CC3)c2)CC1. The fourth-order valence-corrected chi connectivity index (χ4v) is 4.55. The van der Waals surface area contributed by atoms with Gasteiger partial charge < -0.3 is 15.1 Å². The second-order valence-corrected chi connectivity index (χ2v) is 9.36. The Morgan fingerprint density at radius 1 is 1.06 bits per heavy atom. The Labute approximate surface area is 195 Å². The average Bonchev–Trinajstić information content (AvgIpc) is 2.81. The molecule has 2 heterocycles. The number of piperidine rings is 1. The lowest BCUT2D eigenvalue weighted by Crippen LogP contribution is -2.43. The minimum atomic E-state index is -0.449. The number of likely N-dealkylation sites (N-methyl/N-ethyl adjacent to an activating group) is 1. The van der Waals surface area contributed by atoms with Gasteiger partial charge in [-0.25, -0.2) is 0 Å². The van der Waals surface area contributed by atoms with Gasteiger partial charge in [-0.2, -0.15) is 0 Å². The number of carbonyl (C=O) groups excluding carboxylic acids is 1. The van der Waals surface area contributed by atoms with Crippen molar-refractivity contribution in [3.63, 3.8) is 0 Å². The van der Waals surface area contributed by atoms with Crippen molar-refractivity contribution in [2.24, 2.45) is 5.92 Å². The Hall–Kier alpha value is -2.97. The maximum Gasteiger partial charge on any atom is 0.270 e. The molecule has 2 aromatic carbocycles. The van der Waals surface area contributed by atoms with Gasteiger partial charge in [0, 0.05) is 63.6 Å². The van der Waals surface area contributed by atoms with Crippen molar-refractivity contribution in [1.29, 1.82) is 0 Å². The summed E-state index contributed by atoms with van der Waals surface area (Å²) in [6.45, 7) is 8.93. The molecule has 2 saturated heterocycles. The number of anilines is 2. The summed E-state index contributed by atoms with van der Waals surface area (Å²) in [5, 5.41) is 14.4. The van der Waals surface area contributed by atoms with Crippen LogP contribution in [0.15, 0.2) is 42.5 Å². The summed E-state index contributed by atoms with van der Waals surface area (Å²) in [5.41, 5.74) is 2.89.